The molecule has 3 nitrogen and oxygen atoms in total. The van der Waals surface area contributed by atoms with Crippen molar-refractivity contribution in [1.29, 1.82) is 5.41 Å². The summed E-state index contributed by atoms with van der Waals surface area (Å²) in [5.74, 6) is 1.79. The monoisotopic (exact) mass is 298 g/mol. The van der Waals surface area contributed by atoms with E-state index < -0.39 is 0 Å². The van der Waals surface area contributed by atoms with E-state index in [0.29, 0.717) is 0 Å². The highest BCUT2D eigenvalue weighted by Crippen LogP contribution is 2.14. The minimum absolute atomic E-state index is 0. The summed E-state index contributed by atoms with van der Waals surface area (Å²) in [5, 5.41) is 7.31. The molecule has 0 aliphatic carbocycles. The van der Waals surface area contributed by atoms with E-state index in [2.05, 4.69) is 13.8 Å². The van der Waals surface area contributed by atoms with Gasteiger partial charge in [0.15, 0.2) is 0 Å². The second-order valence-corrected chi connectivity index (χ2v) is 5.15. The molecule has 0 saturated carbocycles. The van der Waals surface area contributed by atoms with Gasteiger partial charge in [0.2, 0.25) is 0 Å². The normalized spacial score (nSPS) is 11.5. The molecule has 1 rings (SSSR count). The van der Waals surface area contributed by atoms with Crippen LogP contribution in [0.1, 0.15) is 51.5 Å². The molecular weight excluding hydrogens is 272 g/mol. The van der Waals surface area contributed by atoms with E-state index >= 15 is 0 Å². The van der Waals surface area contributed by atoms with Crippen molar-refractivity contribution in [2.45, 2.75) is 46.0 Å². The topological polar surface area (TPSA) is 59.1 Å². The van der Waals surface area contributed by atoms with Gasteiger partial charge < -0.3 is 10.5 Å². The van der Waals surface area contributed by atoms with Crippen molar-refractivity contribution in [3.63, 3.8) is 0 Å². The van der Waals surface area contributed by atoms with E-state index in [1.807, 2.05) is 24.3 Å². The molecule has 3 N–H and O–H groups in total. The molecule has 0 amide bonds. The maximum atomic E-state index is 7.31. The lowest BCUT2D eigenvalue weighted by Gasteiger charge is -2.09. The smallest absolute Gasteiger partial charge is 0.122 e. The molecule has 0 saturated heterocycles. The summed E-state index contributed by atoms with van der Waals surface area (Å²) in [4.78, 5) is 0. The second kappa shape index (κ2) is 10.6. The van der Waals surface area contributed by atoms with E-state index in [9.17, 15) is 0 Å². The van der Waals surface area contributed by atoms with Crippen molar-refractivity contribution >= 4 is 18.2 Å². The van der Waals surface area contributed by atoms with Crippen LogP contribution < -0.4 is 10.5 Å². The lowest BCUT2D eigenvalue weighted by molar-refractivity contribution is 0.302. The average Bonchev–Trinajstić information content (AvgIpc) is 2.42. The summed E-state index contributed by atoms with van der Waals surface area (Å²) in [6.45, 7) is 5.32. The number of unbranched alkanes of at least 4 members (excludes halogenated alkanes) is 2. The molecule has 1 aromatic rings. The van der Waals surface area contributed by atoms with Crippen molar-refractivity contribution in [2.24, 2.45) is 11.7 Å². The predicted octanol–water partition coefficient (Wildman–Crippen LogP) is 4.38. The zero-order valence-corrected chi connectivity index (χ0v) is 13.3. The quantitative estimate of drug-likeness (QED) is 0.404. The second-order valence-electron chi connectivity index (χ2n) is 5.15. The summed E-state index contributed by atoms with van der Waals surface area (Å²) in [5.41, 5.74) is 6.13. The molecular formula is C16H27ClN2O. The number of benzene rings is 1. The highest BCUT2D eigenvalue weighted by atomic mass is 35.5. The van der Waals surface area contributed by atoms with E-state index in [1.54, 1.807) is 0 Å². The van der Waals surface area contributed by atoms with Crippen molar-refractivity contribution in [3.8, 4) is 5.75 Å². The largest absolute Gasteiger partial charge is 0.494 e. The number of amidine groups is 1. The minimum Gasteiger partial charge on any atom is -0.494 e. The van der Waals surface area contributed by atoms with Crippen LogP contribution >= 0.6 is 12.4 Å². The van der Waals surface area contributed by atoms with E-state index in [4.69, 9.17) is 15.9 Å². The standard InChI is InChI=1S/C16H26N2O.ClH/c1-3-13(2)7-5-4-6-12-19-15-10-8-14(9-11-15)16(17)18;/h8-11,13H,3-7,12H2,1-2H3,(H3,17,18);1H/t13-;/m0./s1. The van der Waals surface area contributed by atoms with Gasteiger partial charge in [0, 0.05) is 5.56 Å². The molecule has 1 aromatic carbocycles. The number of hydrogen-bond acceptors (Lipinski definition) is 2. The number of ether oxygens (including phenoxy) is 1. The van der Waals surface area contributed by atoms with Crippen LogP contribution in [0.4, 0.5) is 0 Å². The number of nitrogen functional groups attached to an aromatic ring is 1. The number of hydrogen-bond donors (Lipinski definition) is 2. The van der Waals surface area contributed by atoms with Crippen molar-refractivity contribution in [2.75, 3.05) is 6.61 Å². The minimum atomic E-state index is 0. The fraction of sp³-hybridized carbons (Fsp3) is 0.562. The van der Waals surface area contributed by atoms with Crippen molar-refractivity contribution in [3.05, 3.63) is 29.8 Å². The molecule has 0 aliphatic heterocycles. The summed E-state index contributed by atoms with van der Waals surface area (Å²) in [7, 11) is 0. The molecule has 0 aliphatic rings. The Kier molecular flexibility index (Phi) is 9.91. The Morgan fingerprint density at radius 1 is 1.20 bits per heavy atom. The Balaban J connectivity index is 0.00000361. The first-order valence-electron chi connectivity index (χ1n) is 7.20. The van der Waals surface area contributed by atoms with Gasteiger partial charge >= 0.3 is 0 Å². The number of halogens is 1. The van der Waals surface area contributed by atoms with E-state index in [1.165, 1.54) is 25.7 Å². The van der Waals surface area contributed by atoms with Gasteiger partial charge in [0.05, 0.1) is 6.61 Å². The first-order chi connectivity index (χ1) is 9.13. The van der Waals surface area contributed by atoms with Crippen LogP contribution in [-0.4, -0.2) is 12.4 Å². The van der Waals surface area contributed by atoms with Crippen LogP contribution in [0.3, 0.4) is 0 Å². The number of nitrogens with one attached hydrogen (secondary N) is 1. The fourth-order valence-electron chi connectivity index (χ4n) is 1.90. The van der Waals surface area contributed by atoms with Gasteiger partial charge in [0.25, 0.3) is 0 Å². The van der Waals surface area contributed by atoms with Gasteiger partial charge in [-0.2, -0.15) is 0 Å². The Morgan fingerprint density at radius 3 is 2.40 bits per heavy atom. The highest BCUT2D eigenvalue weighted by molar-refractivity contribution is 5.94. The van der Waals surface area contributed by atoms with Gasteiger partial charge in [-0.3, -0.25) is 5.41 Å². The summed E-state index contributed by atoms with van der Waals surface area (Å²) >= 11 is 0. The third kappa shape index (κ3) is 7.39. The van der Waals surface area contributed by atoms with Gasteiger partial charge in [-0.25, -0.2) is 0 Å². The average molecular weight is 299 g/mol. The molecule has 0 fully saturated rings. The van der Waals surface area contributed by atoms with Crippen LogP contribution in [0, 0.1) is 11.3 Å². The van der Waals surface area contributed by atoms with Crippen LogP contribution in [0.15, 0.2) is 24.3 Å². The van der Waals surface area contributed by atoms with E-state index in [-0.39, 0.29) is 18.2 Å². The van der Waals surface area contributed by atoms with Crippen molar-refractivity contribution in [1.82, 2.24) is 0 Å². The summed E-state index contributed by atoms with van der Waals surface area (Å²) < 4.78 is 5.66. The SMILES string of the molecule is CC[C@H](C)CCCCCOc1ccc(C(=N)N)cc1.Cl. The van der Waals surface area contributed by atoms with E-state index in [0.717, 1.165) is 30.3 Å². The van der Waals surface area contributed by atoms with Gasteiger partial charge in [0.1, 0.15) is 11.6 Å². The molecule has 20 heavy (non-hydrogen) atoms. The molecule has 0 aromatic heterocycles. The maximum Gasteiger partial charge on any atom is 0.122 e. The molecule has 0 unspecified atom stereocenters. The van der Waals surface area contributed by atoms with Gasteiger partial charge in [-0.15, -0.1) is 12.4 Å². The fourth-order valence-corrected chi connectivity index (χ4v) is 1.90. The summed E-state index contributed by atoms with van der Waals surface area (Å²) in [6, 6.07) is 7.38. The zero-order valence-electron chi connectivity index (χ0n) is 12.5. The Labute approximate surface area is 128 Å². The van der Waals surface area contributed by atoms with Crippen LogP contribution in [-0.2, 0) is 0 Å². The first-order valence-corrected chi connectivity index (χ1v) is 7.20. The zero-order chi connectivity index (χ0) is 14.1. The molecule has 1 atom stereocenters. The number of rotatable bonds is 9. The van der Waals surface area contributed by atoms with Crippen LogP contribution in [0.5, 0.6) is 5.75 Å². The van der Waals surface area contributed by atoms with Gasteiger partial charge in [-0.05, 0) is 36.6 Å². The third-order valence-electron chi connectivity index (χ3n) is 3.47. The lowest BCUT2D eigenvalue weighted by Crippen LogP contribution is -2.10. The summed E-state index contributed by atoms with van der Waals surface area (Å²) in [6.07, 6.45) is 6.23. The third-order valence-corrected chi connectivity index (χ3v) is 3.47. The van der Waals surface area contributed by atoms with Crippen molar-refractivity contribution < 1.29 is 4.74 Å². The Bertz CT molecular complexity index is 379. The van der Waals surface area contributed by atoms with Crippen LogP contribution in [0.2, 0.25) is 0 Å². The lowest BCUT2D eigenvalue weighted by atomic mass is 10.0. The molecule has 4 heteroatoms. The maximum absolute atomic E-state index is 7.31. The highest BCUT2D eigenvalue weighted by Gasteiger charge is 1.99. The Morgan fingerprint density at radius 2 is 1.85 bits per heavy atom. The predicted molar refractivity (Wildman–Crippen MR) is 88.1 cm³/mol. The number of nitrogens with two attached hydrogens (primary N) is 1. The molecule has 0 spiro atoms. The van der Waals surface area contributed by atoms with Crippen LogP contribution in [0.25, 0.3) is 0 Å². The molecule has 0 bridgehead atoms. The molecule has 0 heterocycles. The molecule has 114 valence electrons. The molecule has 0 radical (unpaired) electrons. The van der Waals surface area contributed by atoms with Gasteiger partial charge in [-0.1, -0.05) is 39.5 Å². The first kappa shape index (κ1) is 18.8. The Hall–Kier alpha value is -1.22.